The molecule has 0 spiro atoms. The van der Waals surface area contributed by atoms with Crippen molar-refractivity contribution in [3.8, 4) is 23.7 Å². The Morgan fingerprint density at radius 2 is 1.77 bits per heavy atom. The molecule has 2 aromatic rings. The van der Waals surface area contributed by atoms with Gasteiger partial charge in [-0.15, -0.1) is 5.92 Å². The number of esters is 1. The maximum atomic E-state index is 12.0. The van der Waals surface area contributed by atoms with Crippen molar-refractivity contribution in [1.29, 1.82) is 0 Å². The Hall–Kier alpha value is -3.63. The van der Waals surface area contributed by atoms with Crippen molar-refractivity contribution in [3.05, 3.63) is 82.8 Å². The largest absolute Gasteiger partial charge is 0.505 e. The van der Waals surface area contributed by atoms with Crippen LogP contribution in [0, 0.1) is 23.7 Å². The van der Waals surface area contributed by atoms with Gasteiger partial charge in [0.15, 0.2) is 11.9 Å². The SMILES string of the molecule is CCCC#CCc1ccccc1C#CCCC1OC(=O)C(OCc2ccccc2)=C1O. The lowest BCUT2D eigenvalue weighted by atomic mass is 10.0. The van der Waals surface area contributed by atoms with Crippen molar-refractivity contribution in [3.63, 3.8) is 0 Å². The molecule has 0 amide bonds. The normalized spacial score (nSPS) is 14.9. The molecule has 1 unspecified atom stereocenters. The number of carbonyl (C=O) groups is 1. The van der Waals surface area contributed by atoms with E-state index >= 15 is 0 Å². The van der Waals surface area contributed by atoms with Crippen LogP contribution in [0.4, 0.5) is 0 Å². The molecule has 0 saturated heterocycles. The standard InChI is InChI=1S/C27H26O4/c1-2-3-4-8-15-22-16-9-10-17-23(22)18-11-12-19-24-25(28)26(27(29)31-24)30-20-21-13-6-5-7-14-21/h5-7,9-10,13-14,16-17,24,28H,2-3,12,15,19-20H2,1H3. The second kappa shape index (κ2) is 11.5. The third-order valence-electron chi connectivity index (χ3n) is 4.75. The van der Waals surface area contributed by atoms with E-state index in [1.54, 1.807) is 0 Å². The second-order valence-corrected chi connectivity index (χ2v) is 7.16. The first-order chi connectivity index (χ1) is 15.2. The van der Waals surface area contributed by atoms with E-state index < -0.39 is 12.1 Å². The second-order valence-electron chi connectivity index (χ2n) is 7.16. The fourth-order valence-electron chi connectivity index (χ4n) is 3.08. The summed E-state index contributed by atoms with van der Waals surface area (Å²) in [4.78, 5) is 12.0. The van der Waals surface area contributed by atoms with Crippen molar-refractivity contribution in [1.82, 2.24) is 0 Å². The quantitative estimate of drug-likeness (QED) is 0.507. The molecule has 31 heavy (non-hydrogen) atoms. The number of benzene rings is 2. The van der Waals surface area contributed by atoms with Gasteiger partial charge in [-0.05, 0) is 23.6 Å². The molecule has 1 atom stereocenters. The van der Waals surface area contributed by atoms with Crippen molar-refractivity contribution >= 4 is 5.97 Å². The molecule has 4 nitrogen and oxygen atoms in total. The van der Waals surface area contributed by atoms with E-state index in [0.29, 0.717) is 19.3 Å². The molecule has 0 fully saturated rings. The highest BCUT2D eigenvalue weighted by Crippen LogP contribution is 2.25. The Morgan fingerprint density at radius 1 is 1.00 bits per heavy atom. The van der Waals surface area contributed by atoms with Crippen LogP contribution < -0.4 is 0 Å². The van der Waals surface area contributed by atoms with Gasteiger partial charge in [-0.3, -0.25) is 0 Å². The first-order valence-corrected chi connectivity index (χ1v) is 10.5. The van der Waals surface area contributed by atoms with Crippen molar-refractivity contribution < 1.29 is 19.4 Å². The topological polar surface area (TPSA) is 55.8 Å². The first-order valence-electron chi connectivity index (χ1n) is 10.5. The minimum atomic E-state index is -0.720. The summed E-state index contributed by atoms with van der Waals surface area (Å²) in [5.74, 6) is 11.7. The first kappa shape index (κ1) is 22.1. The zero-order valence-electron chi connectivity index (χ0n) is 17.7. The summed E-state index contributed by atoms with van der Waals surface area (Å²) in [5, 5.41) is 10.3. The zero-order chi connectivity index (χ0) is 21.9. The summed E-state index contributed by atoms with van der Waals surface area (Å²) >= 11 is 0. The number of rotatable bonds is 7. The van der Waals surface area contributed by atoms with Gasteiger partial charge in [0.25, 0.3) is 0 Å². The number of aliphatic hydroxyl groups excluding tert-OH is 1. The fraction of sp³-hybridized carbons (Fsp3) is 0.296. The molecule has 0 aliphatic carbocycles. The highest BCUT2D eigenvalue weighted by atomic mass is 16.6. The van der Waals surface area contributed by atoms with Gasteiger partial charge >= 0.3 is 5.97 Å². The van der Waals surface area contributed by atoms with E-state index in [9.17, 15) is 9.90 Å². The predicted octanol–water partition coefficient (Wildman–Crippen LogP) is 5.08. The van der Waals surface area contributed by atoms with Crippen LogP contribution in [-0.4, -0.2) is 17.2 Å². The van der Waals surface area contributed by atoms with Gasteiger partial charge in [0, 0.05) is 31.2 Å². The summed E-state index contributed by atoms with van der Waals surface area (Å²) in [7, 11) is 0. The maximum Gasteiger partial charge on any atom is 0.378 e. The summed E-state index contributed by atoms with van der Waals surface area (Å²) in [5.41, 5.74) is 2.96. The minimum Gasteiger partial charge on any atom is -0.505 e. The van der Waals surface area contributed by atoms with E-state index in [4.69, 9.17) is 9.47 Å². The van der Waals surface area contributed by atoms with Crippen LogP contribution >= 0.6 is 0 Å². The summed E-state index contributed by atoms with van der Waals surface area (Å²) in [6, 6.07) is 17.4. The third kappa shape index (κ3) is 6.43. The van der Waals surface area contributed by atoms with Gasteiger partial charge in [0.1, 0.15) is 6.61 Å². The molecule has 1 aliphatic rings. The van der Waals surface area contributed by atoms with Crippen LogP contribution in [0.1, 0.15) is 49.3 Å². The number of cyclic esters (lactones) is 1. The molecular formula is C27H26O4. The molecule has 0 radical (unpaired) electrons. The molecule has 1 aliphatic heterocycles. The molecule has 158 valence electrons. The van der Waals surface area contributed by atoms with Gasteiger partial charge in [0.2, 0.25) is 5.76 Å². The molecule has 0 bridgehead atoms. The summed E-state index contributed by atoms with van der Waals surface area (Å²) in [6.07, 6.45) is 2.80. The van der Waals surface area contributed by atoms with Crippen LogP contribution in [0.5, 0.6) is 0 Å². The molecule has 0 saturated carbocycles. The highest BCUT2D eigenvalue weighted by Gasteiger charge is 2.35. The van der Waals surface area contributed by atoms with E-state index in [1.165, 1.54) is 0 Å². The van der Waals surface area contributed by atoms with Gasteiger partial charge in [-0.25, -0.2) is 4.79 Å². The average molecular weight is 415 g/mol. The average Bonchev–Trinajstić information content (AvgIpc) is 3.06. The van der Waals surface area contributed by atoms with E-state index in [2.05, 4.69) is 30.6 Å². The Balaban J connectivity index is 1.56. The number of unbranched alkanes of at least 4 members (excludes halogenated alkanes) is 1. The highest BCUT2D eigenvalue weighted by molar-refractivity contribution is 5.89. The van der Waals surface area contributed by atoms with Crippen molar-refractivity contribution in [2.75, 3.05) is 0 Å². The molecule has 1 heterocycles. The lowest BCUT2D eigenvalue weighted by molar-refractivity contribution is -0.143. The molecule has 1 N–H and O–H groups in total. The van der Waals surface area contributed by atoms with Gasteiger partial charge in [-0.1, -0.05) is 73.2 Å². The molecule has 4 heteroatoms. The smallest absolute Gasteiger partial charge is 0.378 e. The Kier molecular flexibility index (Phi) is 8.21. The van der Waals surface area contributed by atoms with Crippen LogP contribution in [0.2, 0.25) is 0 Å². The lowest BCUT2D eigenvalue weighted by Gasteiger charge is -2.06. The van der Waals surface area contributed by atoms with Crippen LogP contribution in [0.3, 0.4) is 0 Å². The molecule has 2 aromatic carbocycles. The number of aliphatic hydroxyl groups is 1. The van der Waals surface area contributed by atoms with Gasteiger partial charge in [0.05, 0.1) is 0 Å². The van der Waals surface area contributed by atoms with Gasteiger partial charge < -0.3 is 14.6 Å². The minimum absolute atomic E-state index is 0.113. The fourth-order valence-corrected chi connectivity index (χ4v) is 3.08. The third-order valence-corrected chi connectivity index (χ3v) is 4.75. The predicted molar refractivity (Wildman–Crippen MR) is 120 cm³/mol. The zero-order valence-corrected chi connectivity index (χ0v) is 17.7. The molecule has 0 aromatic heterocycles. The number of carbonyl (C=O) groups excluding carboxylic acids is 1. The number of hydrogen-bond donors (Lipinski definition) is 1. The van der Waals surface area contributed by atoms with E-state index in [1.807, 2.05) is 54.6 Å². The summed E-state index contributed by atoms with van der Waals surface area (Å²) in [6.45, 7) is 2.31. The van der Waals surface area contributed by atoms with Crippen LogP contribution in [-0.2, 0) is 27.3 Å². The Labute approximate surface area is 183 Å². The monoisotopic (exact) mass is 414 g/mol. The molecule has 3 rings (SSSR count). The lowest BCUT2D eigenvalue weighted by Crippen LogP contribution is -2.11. The maximum absolute atomic E-state index is 12.0. The Bertz CT molecular complexity index is 1050. The van der Waals surface area contributed by atoms with E-state index in [-0.39, 0.29) is 18.1 Å². The number of ether oxygens (including phenoxy) is 2. The van der Waals surface area contributed by atoms with Crippen molar-refractivity contribution in [2.24, 2.45) is 0 Å². The van der Waals surface area contributed by atoms with Crippen molar-refractivity contribution in [2.45, 2.75) is 51.7 Å². The van der Waals surface area contributed by atoms with Crippen LogP contribution in [0.25, 0.3) is 0 Å². The Morgan fingerprint density at radius 3 is 2.58 bits per heavy atom. The summed E-state index contributed by atoms with van der Waals surface area (Å²) < 4.78 is 10.7. The van der Waals surface area contributed by atoms with Gasteiger partial charge in [-0.2, -0.15) is 0 Å². The number of hydrogen-bond acceptors (Lipinski definition) is 4. The molecular weight excluding hydrogens is 388 g/mol. The van der Waals surface area contributed by atoms with E-state index in [0.717, 1.165) is 29.5 Å². The van der Waals surface area contributed by atoms with Crippen LogP contribution in [0.15, 0.2) is 66.1 Å².